The summed E-state index contributed by atoms with van der Waals surface area (Å²) in [6, 6.07) is 2.90. The van der Waals surface area contributed by atoms with E-state index in [1.54, 1.807) is 7.05 Å². The highest BCUT2D eigenvalue weighted by molar-refractivity contribution is 7.87. The predicted octanol–water partition coefficient (Wildman–Crippen LogP) is 1.22. The number of aromatic nitrogens is 2. The van der Waals surface area contributed by atoms with Crippen molar-refractivity contribution in [2.45, 2.75) is 0 Å². The second-order valence-electron chi connectivity index (χ2n) is 3.71. The summed E-state index contributed by atoms with van der Waals surface area (Å²) in [5, 5.41) is 12.5. The van der Waals surface area contributed by atoms with Gasteiger partial charge in [0.25, 0.3) is 0 Å². The van der Waals surface area contributed by atoms with Gasteiger partial charge in [0.05, 0.1) is 11.9 Å². The van der Waals surface area contributed by atoms with Gasteiger partial charge in [-0.2, -0.15) is 12.7 Å². The van der Waals surface area contributed by atoms with Crippen molar-refractivity contribution >= 4 is 44.2 Å². The summed E-state index contributed by atoms with van der Waals surface area (Å²) in [6.07, 6.45) is 1.21. The Morgan fingerprint density at radius 3 is 2.57 bits per heavy atom. The molecular weight excluding hydrogens is 320 g/mol. The van der Waals surface area contributed by atoms with Crippen molar-refractivity contribution < 1.29 is 22.9 Å². The normalized spacial score (nSPS) is 11.1. The first kappa shape index (κ1) is 15.2. The fourth-order valence-electron chi connectivity index (χ4n) is 1.45. The molecule has 21 heavy (non-hydrogen) atoms. The van der Waals surface area contributed by atoms with Crippen molar-refractivity contribution in [2.24, 2.45) is 0 Å². The number of carbonyl (C=O) groups is 1. The van der Waals surface area contributed by atoms with Gasteiger partial charge in [0.2, 0.25) is 5.13 Å². The number of hydrogen-bond acceptors (Lipinski definition) is 7. The van der Waals surface area contributed by atoms with Gasteiger partial charge in [0, 0.05) is 12.4 Å². The predicted molar refractivity (Wildman–Crippen MR) is 76.5 cm³/mol. The van der Waals surface area contributed by atoms with Crippen molar-refractivity contribution in [3.8, 4) is 0 Å². The van der Waals surface area contributed by atoms with Crippen LogP contribution >= 0.6 is 11.3 Å². The lowest BCUT2D eigenvalue weighted by atomic mass is 10.4. The van der Waals surface area contributed by atoms with Crippen LogP contribution in [0.15, 0.2) is 23.7 Å². The van der Waals surface area contributed by atoms with E-state index in [9.17, 15) is 17.8 Å². The van der Waals surface area contributed by atoms with E-state index in [0.29, 0.717) is 10.1 Å². The number of pyridine rings is 1. The molecule has 11 heteroatoms. The molecule has 0 saturated carbocycles. The second kappa shape index (κ2) is 5.63. The molecule has 0 aliphatic carbocycles. The molecule has 2 rings (SSSR count). The first-order valence-electron chi connectivity index (χ1n) is 5.43. The summed E-state index contributed by atoms with van der Waals surface area (Å²) < 4.78 is 32.9. The number of thiazole rings is 1. The molecule has 0 aromatic carbocycles. The number of carboxylic acids is 1. The van der Waals surface area contributed by atoms with E-state index in [1.807, 2.05) is 0 Å². The van der Waals surface area contributed by atoms with E-state index < -0.39 is 16.3 Å². The average molecular weight is 330 g/mol. The third-order valence-electron chi connectivity index (χ3n) is 2.35. The number of nitrogens with zero attached hydrogens (tertiary/aromatic N) is 3. The van der Waals surface area contributed by atoms with E-state index in [2.05, 4.69) is 15.3 Å². The molecule has 2 heterocycles. The molecule has 0 aliphatic heterocycles. The molecule has 0 unspecified atom stereocenters. The quantitative estimate of drug-likeness (QED) is 0.697. The summed E-state index contributed by atoms with van der Waals surface area (Å²) in [5.74, 6) is -0.796. The SMILES string of the molecule is CNc1ccc(N(c2nc(C(=O)O)cs2)S(=O)(=O)O)cn1. The van der Waals surface area contributed by atoms with Gasteiger partial charge in [-0.15, -0.1) is 11.3 Å². The van der Waals surface area contributed by atoms with E-state index in [4.69, 9.17) is 5.11 Å². The Bertz CT molecular complexity index is 756. The Balaban J connectivity index is 2.49. The van der Waals surface area contributed by atoms with Crippen molar-refractivity contribution in [1.29, 1.82) is 0 Å². The topological polar surface area (TPSA) is 133 Å². The van der Waals surface area contributed by atoms with Crippen molar-refractivity contribution in [3.63, 3.8) is 0 Å². The van der Waals surface area contributed by atoms with Crippen molar-refractivity contribution in [2.75, 3.05) is 16.7 Å². The maximum atomic E-state index is 11.5. The van der Waals surface area contributed by atoms with E-state index >= 15 is 0 Å². The van der Waals surface area contributed by atoms with Crippen LogP contribution in [0.3, 0.4) is 0 Å². The smallest absolute Gasteiger partial charge is 0.366 e. The zero-order valence-corrected chi connectivity index (χ0v) is 12.2. The van der Waals surface area contributed by atoms with Gasteiger partial charge in [0.15, 0.2) is 5.69 Å². The van der Waals surface area contributed by atoms with Crippen LogP contribution in [0.4, 0.5) is 16.6 Å². The van der Waals surface area contributed by atoms with Crippen LogP contribution < -0.4 is 9.62 Å². The number of carboxylic acid groups (broad SMARTS) is 1. The van der Waals surface area contributed by atoms with E-state index in [-0.39, 0.29) is 16.5 Å². The molecule has 0 spiro atoms. The Hall–Kier alpha value is -2.24. The highest BCUT2D eigenvalue weighted by Gasteiger charge is 2.26. The molecule has 0 atom stereocenters. The standard InChI is InChI=1S/C10H10N4O5S2/c1-11-8-3-2-6(4-12-8)14(21(17,18)19)10-13-7(5-20-10)9(15)16/h2-5H,1H3,(H,11,12)(H,15,16)(H,17,18,19). The highest BCUT2D eigenvalue weighted by atomic mass is 32.2. The molecule has 0 radical (unpaired) electrons. The van der Waals surface area contributed by atoms with Crippen LogP contribution in [0, 0.1) is 0 Å². The third kappa shape index (κ3) is 3.26. The van der Waals surface area contributed by atoms with Gasteiger partial charge in [-0.1, -0.05) is 0 Å². The Labute approximate surface area is 123 Å². The molecule has 0 aliphatic rings. The molecule has 0 saturated heterocycles. The van der Waals surface area contributed by atoms with Crippen LogP contribution in [-0.4, -0.2) is 41.1 Å². The Morgan fingerprint density at radius 2 is 2.14 bits per heavy atom. The number of rotatable bonds is 5. The second-order valence-corrected chi connectivity index (χ2v) is 5.81. The summed E-state index contributed by atoms with van der Waals surface area (Å²) in [4.78, 5) is 18.4. The minimum absolute atomic E-state index is 0.0304. The summed E-state index contributed by atoms with van der Waals surface area (Å²) in [7, 11) is -3.03. The summed E-state index contributed by atoms with van der Waals surface area (Å²) in [6.45, 7) is 0. The first-order valence-corrected chi connectivity index (χ1v) is 7.71. The van der Waals surface area contributed by atoms with Crippen LogP contribution in [0.25, 0.3) is 0 Å². The zero-order valence-electron chi connectivity index (χ0n) is 10.6. The van der Waals surface area contributed by atoms with Gasteiger partial charge in [-0.25, -0.2) is 14.8 Å². The number of aromatic carboxylic acids is 1. The third-order valence-corrected chi connectivity index (χ3v) is 4.14. The van der Waals surface area contributed by atoms with Gasteiger partial charge < -0.3 is 10.4 Å². The lowest BCUT2D eigenvalue weighted by Gasteiger charge is -2.17. The van der Waals surface area contributed by atoms with Crippen LogP contribution in [0.1, 0.15) is 10.5 Å². The summed E-state index contributed by atoms with van der Waals surface area (Å²) >= 11 is 0.769. The molecule has 2 aromatic rings. The minimum Gasteiger partial charge on any atom is -0.476 e. The van der Waals surface area contributed by atoms with Gasteiger partial charge in [0.1, 0.15) is 5.82 Å². The van der Waals surface area contributed by atoms with E-state index in [1.165, 1.54) is 23.7 Å². The number of hydrogen-bond donors (Lipinski definition) is 3. The molecule has 3 N–H and O–H groups in total. The van der Waals surface area contributed by atoms with Crippen LogP contribution in [0.2, 0.25) is 0 Å². The van der Waals surface area contributed by atoms with Gasteiger partial charge in [-0.05, 0) is 12.1 Å². The van der Waals surface area contributed by atoms with Gasteiger partial charge >= 0.3 is 16.3 Å². The summed E-state index contributed by atoms with van der Waals surface area (Å²) in [5.41, 5.74) is -0.286. The lowest BCUT2D eigenvalue weighted by molar-refractivity contribution is 0.0691. The molecule has 112 valence electrons. The first-order chi connectivity index (χ1) is 9.82. The fraction of sp³-hybridized carbons (Fsp3) is 0.100. The van der Waals surface area contributed by atoms with Crippen molar-refractivity contribution in [3.05, 3.63) is 29.4 Å². The largest absolute Gasteiger partial charge is 0.476 e. The van der Waals surface area contributed by atoms with Gasteiger partial charge in [-0.3, -0.25) is 4.55 Å². The number of anilines is 3. The van der Waals surface area contributed by atoms with Crippen molar-refractivity contribution in [1.82, 2.24) is 9.97 Å². The number of nitrogens with one attached hydrogen (secondary N) is 1. The molecule has 9 nitrogen and oxygen atoms in total. The molecular formula is C10H10N4O5S2. The monoisotopic (exact) mass is 330 g/mol. The fourth-order valence-corrected chi connectivity index (χ4v) is 3.20. The Kier molecular flexibility index (Phi) is 4.06. The molecule has 2 aromatic heterocycles. The maximum Gasteiger partial charge on any atom is 0.366 e. The van der Waals surface area contributed by atoms with E-state index in [0.717, 1.165) is 11.3 Å². The molecule has 0 fully saturated rings. The average Bonchev–Trinajstić information content (AvgIpc) is 2.87. The Morgan fingerprint density at radius 1 is 1.43 bits per heavy atom. The molecule has 0 bridgehead atoms. The lowest BCUT2D eigenvalue weighted by Crippen LogP contribution is -2.25. The maximum absolute atomic E-state index is 11.5. The van der Waals surface area contributed by atoms with Crippen LogP contribution in [0.5, 0.6) is 0 Å². The zero-order chi connectivity index (χ0) is 15.6. The minimum atomic E-state index is -4.68. The highest BCUT2D eigenvalue weighted by Crippen LogP contribution is 2.31. The molecule has 0 amide bonds. The van der Waals surface area contributed by atoms with Crippen LogP contribution in [-0.2, 0) is 10.3 Å².